The second-order valence-corrected chi connectivity index (χ2v) is 11.5. The lowest BCUT2D eigenvalue weighted by molar-refractivity contribution is -0.258. The zero-order chi connectivity index (χ0) is 24.7. The van der Waals surface area contributed by atoms with E-state index in [2.05, 4.69) is 5.32 Å². The smallest absolute Gasteiger partial charge is 0.376 e. The molecule has 3 aliphatic rings. The number of hydrogen-bond donors (Lipinski definition) is 2. The van der Waals surface area contributed by atoms with Gasteiger partial charge in [0.15, 0.2) is 5.60 Å². The average molecular weight is 516 g/mol. The lowest BCUT2D eigenvalue weighted by Crippen LogP contribution is -2.58. The second kappa shape index (κ2) is 9.34. The van der Waals surface area contributed by atoms with Crippen LogP contribution in [0.25, 0.3) is 0 Å². The topological polar surface area (TPSA) is 72.9 Å². The summed E-state index contributed by atoms with van der Waals surface area (Å²) in [4.78, 5) is 2.57. The first-order valence-electron chi connectivity index (χ1n) is 11.2. The van der Waals surface area contributed by atoms with Gasteiger partial charge in [0, 0.05) is 49.2 Å². The Morgan fingerprint density at radius 3 is 2.44 bits per heavy atom. The van der Waals surface area contributed by atoms with Crippen LogP contribution in [0.4, 0.5) is 18.9 Å². The fourth-order valence-corrected chi connectivity index (χ4v) is 6.25. The van der Waals surface area contributed by atoms with Crippen molar-refractivity contribution in [2.45, 2.75) is 50.0 Å². The van der Waals surface area contributed by atoms with Crippen LogP contribution >= 0.6 is 12.2 Å². The number of nitrogens with one attached hydrogen (secondary N) is 1. The molecule has 2 atom stereocenters. The summed E-state index contributed by atoms with van der Waals surface area (Å²) in [6.07, 6.45) is 2.82. The van der Waals surface area contributed by atoms with Gasteiger partial charge in [0.1, 0.15) is 0 Å². The minimum Gasteiger partial charge on any atom is -0.376 e. The van der Waals surface area contributed by atoms with Gasteiger partial charge in [-0.15, -0.1) is 0 Å². The van der Waals surface area contributed by atoms with Crippen LogP contribution in [0.3, 0.4) is 0 Å². The van der Waals surface area contributed by atoms with Crippen LogP contribution in [0, 0.1) is 0 Å². The molecule has 6 nitrogen and oxygen atoms in total. The molecule has 1 heterocycles. The van der Waals surface area contributed by atoms with Gasteiger partial charge in [-0.3, -0.25) is 0 Å². The zero-order valence-corrected chi connectivity index (χ0v) is 20.4. The van der Waals surface area contributed by atoms with Crippen molar-refractivity contribution in [3.05, 3.63) is 53.0 Å². The Balaban J connectivity index is 1.56. The summed E-state index contributed by atoms with van der Waals surface area (Å²) in [6.45, 7) is 2.11. The average Bonchev–Trinajstić information content (AvgIpc) is 3.61. The lowest BCUT2D eigenvalue weighted by Gasteiger charge is -2.43. The van der Waals surface area contributed by atoms with Crippen LogP contribution < -0.4 is 10.2 Å². The maximum atomic E-state index is 13.3. The Bertz CT molecular complexity index is 1090. The first-order valence-corrected chi connectivity index (χ1v) is 13.1. The molecule has 1 aromatic carbocycles. The Morgan fingerprint density at radius 2 is 1.85 bits per heavy atom. The monoisotopic (exact) mass is 515 g/mol. The Hall–Kier alpha value is -1.79. The van der Waals surface area contributed by atoms with Gasteiger partial charge >= 0.3 is 6.18 Å². The number of alkyl halides is 3. The van der Waals surface area contributed by atoms with Gasteiger partial charge in [-0.05, 0) is 43.5 Å². The van der Waals surface area contributed by atoms with Crippen molar-refractivity contribution < 1.29 is 26.7 Å². The lowest BCUT2D eigenvalue weighted by atomic mass is 9.95. The molecule has 2 fully saturated rings. The second-order valence-electron chi connectivity index (χ2n) is 9.10. The number of sulfonamides is 1. The molecule has 11 heteroatoms. The van der Waals surface area contributed by atoms with E-state index in [4.69, 9.17) is 12.2 Å². The number of nitrogens with zero attached hydrogens (tertiary/aromatic N) is 2. The molecule has 2 N–H and O–H groups in total. The third kappa shape index (κ3) is 5.08. The molecule has 4 rings (SSSR count). The van der Waals surface area contributed by atoms with E-state index in [1.54, 1.807) is 18.2 Å². The van der Waals surface area contributed by atoms with Crippen LogP contribution in [0.15, 0.2) is 47.4 Å². The fraction of sp³-hybridized carbons (Fsp3) is 0.522. The molecule has 2 aliphatic carbocycles. The summed E-state index contributed by atoms with van der Waals surface area (Å²) in [5, 5.41) is 13.4. The Labute approximate surface area is 203 Å². The highest BCUT2D eigenvalue weighted by Crippen LogP contribution is 2.39. The summed E-state index contributed by atoms with van der Waals surface area (Å²) >= 11 is 5.29. The molecular formula is C23H28F3N3O3S2. The van der Waals surface area contributed by atoms with Crippen molar-refractivity contribution in [3.63, 3.8) is 0 Å². The molecule has 186 valence electrons. The van der Waals surface area contributed by atoms with E-state index in [1.165, 1.54) is 22.5 Å². The normalized spacial score (nSPS) is 24.1. The third-order valence-corrected chi connectivity index (χ3v) is 9.02. The number of benzene rings is 1. The van der Waals surface area contributed by atoms with Gasteiger partial charge in [0.05, 0.1) is 10.9 Å². The summed E-state index contributed by atoms with van der Waals surface area (Å²) in [7, 11) is -3.75. The molecule has 34 heavy (non-hydrogen) atoms. The van der Waals surface area contributed by atoms with Crippen molar-refractivity contribution >= 4 is 32.8 Å². The first kappa shape index (κ1) is 25.3. The minimum absolute atomic E-state index is 0.158. The highest BCUT2D eigenvalue weighted by molar-refractivity contribution is 7.96. The standard InChI is InChI=1S/C23H28F3N3O3S2/c1-22(30,23(24,25)26)16-6-10-18(11-7-16)29-13-12-28(15-19(29)14-27-17-8-9-17)34(31,32)21-5-3-2-4-20(21)33/h2-3,5-7,10-11,17,19,27,30H,4,8-9,12-15H2,1H3/t19-,22?/m0/s1. The van der Waals surface area contributed by atoms with Crippen molar-refractivity contribution in [1.82, 2.24) is 9.62 Å². The van der Waals surface area contributed by atoms with Crippen molar-refractivity contribution in [2.24, 2.45) is 0 Å². The van der Waals surface area contributed by atoms with E-state index >= 15 is 0 Å². The number of rotatable bonds is 7. The maximum Gasteiger partial charge on any atom is 0.421 e. The molecule has 0 bridgehead atoms. The number of aliphatic hydroxyl groups is 1. The number of piperazine rings is 1. The SMILES string of the molecule is CC(O)(c1ccc(N2CCN(S(=O)(=O)C3=CC=CCC3=S)C[C@@H]2CNC2CC2)cc1)C(F)(F)F. The van der Waals surface area contributed by atoms with E-state index in [9.17, 15) is 26.7 Å². The Morgan fingerprint density at radius 1 is 1.18 bits per heavy atom. The van der Waals surface area contributed by atoms with Crippen LogP contribution in [-0.2, 0) is 15.6 Å². The number of halogens is 3. The van der Waals surface area contributed by atoms with Gasteiger partial charge in [-0.2, -0.15) is 17.5 Å². The summed E-state index contributed by atoms with van der Waals surface area (Å²) in [5.41, 5.74) is -2.52. The summed E-state index contributed by atoms with van der Waals surface area (Å²) in [6, 6.07) is 5.84. The third-order valence-electron chi connectivity index (χ3n) is 6.56. The van der Waals surface area contributed by atoms with E-state index in [-0.39, 0.29) is 29.6 Å². The number of allylic oxidation sites excluding steroid dienone is 4. The summed E-state index contributed by atoms with van der Waals surface area (Å²) < 4.78 is 67.7. The van der Waals surface area contributed by atoms with Crippen LogP contribution in [-0.4, -0.2) is 67.1 Å². The zero-order valence-electron chi connectivity index (χ0n) is 18.8. The number of thiocarbonyl (C=S) groups is 1. The first-order chi connectivity index (χ1) is 15.9. The van der Waals surface area contributed by atoms with E-state index in [0.29, 0.717) is 36.1 Å². The number of anilines is 1. The van der Waals surface area contributed by atoms with Crippen LogP contribution in [0.1, 0.15) is 31.7 Å². The van der Waals surface area contributed by atoms with Crippen molar-refractivity contribution in [3.8, 4) is 0 Å². The molecule has 1 saturated heterocycles. The van der Waals surface area contributed by atoms with Gasteiger partial charge in [0.25, 0.3) is 0 Å². The molecule has 1 aromatic rings. The summed E-state index contributed by atoms with van der Waals surface area (Å²) in [5.74, 6) is 0. The molecule has 1 unspecified atom stereocenters. The molecule has 0 amide bonds. The highest BCUT2D eigenvalue weighted by atomic mass is 32.2. The van der Waals surface area contributed by atoms with E-state index in [0.717, 1.165) is 19.8 Å². The van der Waals surface area contributed by atoms with Crippen LogP contribution in [0.5, 0.6) is 0 Å². The van der Waals surface area contributed by atoms with Gasteiger partial charge in [0.2, 0.25) is 10.0 Å². The number of hydrogen-bond acceptors (Lipinski definition) is 6. The largest absolute Gasteiger partial charge is 0.421 e. The molecular weight excluding hydrogens is 487 g/mol. The molecule has 1 saturated carbocycles. The van der Waals surface area contributed by atoms with E-state index < -0.39 is 21.8 Å². The predicted molar refractivity (Wildman–Crippen MR) is 129 cm³/mol. The molecule has 1 aliphatic heterocycles. The van der Waals surface area contributed by atoms with Crippen LogP contribution in [0.2, 0.25) is 0 Å². The Kier molecular flexibility index (Phi) is 6.96. The molecule has 0 spiro atoms. The predicted octanol–water partition coefficient (Wildman–Crippen LogP) is 3.24. The van der Waals surface area contributed by atoms with Crippen molar-refractivity contribution in [2.75, 3.05) is 31.1 Å². The minimum atomic E-state index is -4.80. The highest BCUT2D eigenvalue weighted by Gasteiger charge is 2.51. The van der Waals surface area contributed by atoms with Crippen molar-refractivity contribution in [1.29, 1.82) is 0 Å². The molecule has 0 radical (unpaired) electrons. The maximum absolute atomic E-state index is 13.3. The fourth-order valence-electron chi connectivity index (χ4n) is 4.18. The van der Waals surface area contributed by atoms with Gasteiger partial charge in [-0.25, -0.2) is 8.42 Å². The van der Waals surface area contributed by atoms with Gasteiger partial charge in [-0.1, -0.05) is 36.5 Å². The molecule has 0 aromatic heterocycles. The van der Waals surface area contributed by atoms with Gasteiger partial charge < -0.3 is 15.3 Å². The van der Waals surface area contributed by atoms with E-state index in [1.807, 2.05) is 11.0 Å². The quantitative estimate of drug-likeness (QED) is 0.544.